The number of fused-ring (bicyclic) bond motifs is 1. The molecule has 4 rings (SSSR count). The van der Waals surface area contributed by atoms with Gasteiger partial charge >= 0.3 is 11.7 Å². The third kappa shape index (κ3) is 4.36. The van der Waals surface area contributed by atoms with Crippen LogP contribution in [0.2, 0.25) is 0 Å². The van der Waals surface area contributed by atoms with E-state index in [1.807, 2.05) is 12.1 Å². The molecular formula is C20H23N3O6S. The Kier molecular flexibility index (Phi) is 6.38. The highest BCUT2D eigenvalue weighted by Crippen LogP contribution is 2.22. The van der Waals surface area contributed by atoms with Gasteiger partial charge in [0.15, 0.2) is 0 Å². The fraction of sp³-hybridized carbons (Fsp3) is 0.450. The van der Waals surface area contributed by atoms with E-state index >= 15 is 0 Å². The Balaban J connectivity index is 1.71. The molecule has 1 N–H and O–H groups in total. The highest BCUT2D eigenvalue weighted by Gasteiger charge is 2.23. The number of rotatable bonds is 8. The van der Waals surface area contributed by atoms with Crippen LogP contribution in [0.25, 0.3) is 10.9 Å². The summed E-state index contributed by atoms with van der Waals surface area (Å²) in [5, 5.41) is 0.456. The van der Waals surface area contributed by atoms with Crippen LogP contribution in [-0.4, -0.2) is 54.7 Å². The van der Waals surface area contributed by atoms with Gasteiger partial charge in [-0.15, -0.1) is 0 Å². The normalized spacial score (nSPS) is 17.2. The quantitative estimate of drug-likeness (QED) is 0.366. The summed E-state index contributed by atoms with van der Waals surface area (Å²) in [5.41, 5.74) is -0.194. The topological polar surface area (TPSA) is 101 Å². The Bertz CT molecular complexity index is 1080. The number of nitrogens with zero attached hydrogens (tertiary/aromatic N) is 2. The minimum Gasteiger partial charge on any atom is -0.466 e. The van der Waals surface area contributed by atoms with E-state index < -0.39 is 11.7 Å². The number of hydrogen-bond donors (Lipinski definition) is 1. The van der Waals surface area contributed by atoms with Crippen LogP contribution < -0.4 is 16.0 Å². The van der Waals surface area contributed by atoms with Gasteiger partial charge < -0.3 is 14.2 Å². The Hall–Kier alpha value is -2.40. The maximum absolute atomic E-state index is 13.1. The minimum atomic E-state index is -0.541. The molecule has 0 bridgehead atoms. The summed E-state index contributed by atoms with van der Waals surface area (Å²) in [5.74, 6) is -0.308. The predicted octanol–water partition coefficient (Wildman–Crippen LogP) is 0.534. The molecule has 0 unspecified atom stereocenters. The molecule has 2 aromatic rings. The highest BCUT2D eigenvalue weighted by atomic mass is 32.2. The van der Waals surface area contributed by atoms with E-state index in [4.69, 9.17) is 9.47 Å². The number of carbonyl (C=O) groups excluding carboxylic acids is 1. The molecule has 0 saturated carbocycles. The van der Waals surface area contributed by atoms with Gasteiger partial charge in [-0.1, -0.05) is 6.08 Å². The fourth-order valence-corrected chi connectivity index (χ4v) is 3.98. The van der Waals surface area contributed by atoms with Crippen molar-refractivity contribution in [2.24, 2.45) is 5.92 Å². The summed E-state index contributed by atoms with van der Waals surface area (Å²) in [6, 6.07) is 5.79. The van der Waals surface area contributed by atoms with Gasteiger partial charge in [-0.25, -0.2) is 9.59 Å². The molecule has 1 aromatic heterocycles. The molecule has 30 heavy (non-hydrogen) atoms. The van der Waals surface area contributed by atoms with E-state index in [-0.39, 0.29) is 18.0 Å². The highest BCUT2D eigenvalue weighted by molar-refractivity contribution is 7.97. The largest absolute Gasteiger partial charge is 0.466 e. The second-order valence-corrected chi connectivity index (χ2v) is 8.18. The number of methoxy groups -OCH3 is 1. The maximum Gasteiger partial charge on any atom is 0.331 e. The van der Waals surface area contributed by atoms with E-state index in [1.54, 1.807) is 10.6 Å². The van der Waals surface area contributed by atoms with Crippen LogP contribution in [0.5, 0.6) is 0 Å². The molecule has 9 nitrogen and oxygen atoms in total. The number of aromatic nitrogens is 2. The number of allylic oxidation sites excluding steroid dienone is 1. The van der Waals surface area contributed by atoms with Gasteiger partial charge in [-0.05, 0) is 30.1 Å². The first-order valence-electron chi connectivity index (χ1n) is 9.66. The first kappa shape index (κ1) is 20.9. The van der Waals surface area contributed by atoms with Gasteiger partial charge in [0.1, 0.15) is 0 Å². The van der Waals surface area contributed by atoms with Crippen LogP contribution in [0.4, 0.5) is 0 Å². The second-order valence-electron chi connectivity index (χ2n) is 7.27. The number of benzene rings is 1. The summed E-state index contributed by atoms with van der Waals surface area (Å²) in [7, 11) is 1.27. The van der Waals surface area contributed by atoms with Crippen molar-refractivity contribution >= 4 is 28.8 Å². The lowest BCUT2D eigenvalue weighted by molar-refractivity contribution is -0.134. The molecule has 3 heterocycles. The number of ether oxygens (including phenoxy) is 3. The van der Waals surface area contributed by atoms with Gasteiger partial charge in [-0.2, -0.15) is 0 Å². The summed E-state index contributed by atoms with van der Waals surface area (Å²) < 4.78 is 21.0. The molecule has 1 aromatic carbocycles. The summed E-state index contributed by atoms with van der Waals surface area (Å²) >= 11 is 1.44. The molecule has 160 valence electrons. The Morgan fingerprint density at radius 2 is 2.00 bits per heavy atom. The summed E-state index contributed by atoms with van der Waals surface area (Å²) in [6.45, 7) is 2.98. The third-order valence-electron chi connectivity index (χ3n) is 5.07. The predicted molar refractivity (Wildman–Crippen MR) is 112 cm³/mol. The Morgan fingerprint density at radius 3 is 2.63 bits per heavy atom. The fourth-order valence-electron chi connectivity index (χ4n) is 3.23. The minimum absolute atomic E-state index is 0.0150. The number of esters is 1. The maximum atomic E-state index is 13.1. The van der Waals surface area contributed by atoms with Gasteiger partial charge in [0.25, 0.3) is 5.56 Å². The van der Waals surface area contributed by atoms with Crippen LogP contribution in [0.15, 0.2) is 44.8 Å². The zero-order chi connectivity index (χ0) is 21.1. The Morgan fingerprint density at radius 1 is 1.23 bits per heavy atom. The van der Waals surface area contributed by atoms with Crippen molar-refractivity contribution in [2.45, 2.75) is 24.0 Å². The first-order chi connectivity index (χ1) is 14.6. The second kappa shape index (κ2) is 9.17. The van der Waals surface area contributed by atoms with Gasteiger partial charge in [0, 0.05) is 30.0 Å². The van der Waals surface area contributed by atoms with E-state index in [0.717, 1.165) is 9.46 Å². The average Bonchev–Trinajstić information content (AvgIpc) is 2.68. The van der Waals surface area contributed by atoms with Gasteiger partial charge in [0.2, 0.25) is 0 Å². The van der Waals surface area contributed by atoms with Crippen molar-refractivity contribution in [1.82, 2.24) is 13.9 Å². The third-order valence-corrected chi connectivity index (χ3v) is 6.01. The molecule has 2 saturated heterocycles. The van der Waals surface area contributed by atoms with Crippen LogP contribution in [0.1, 0.15) is 0 Å². The van der Waals surface area contributed by atoms with Crippen molar-refractivity contribution < 1.29 is 19.0 Å². The molecule has 2 fully saturated rings. The standard InChI is InChI=1S/C20H23N3O6S/c1-27-18(24)3-2-6-22-19(25)16-7-15(30-21-14-11-29-12-14)4-5-17(16)23(20(22)26)8-13-9-28-10-13/h2-5,7,13-14,21H,6,8-12H2,1H3/b3-2+. The van der Waals surface area contributed by atoms with Crippen molar-refractivity contribution in [3.63, 3.8) is 0 Å². The molecule has 2 aliphatic rings. The van der Waals surface area contributed by atoms with Crippen LogP contribution >= 0.6 is 11.9 Å². The van der Waals surface area contributed by atoms with Crippen LogP contribution in [0.3, 0.4) is 0 Å². The van der Waals surface area contributed by atoms with E-state index in [1.165, 1.54) is 31.2 Å². The molecule has 0 atom stereocenters. The molecule has 0 spiro atoms. The number of nitrogens with one attached hydrogen (secondary N) is 1. The van der Waals surface area contributed by atoms with E-state index in [9.17, 15) is 14.4 Å². The average molecular weight is 433 g/mol. The summed E-state index contributed by atoms with van der Waals surface area (Å²) in [4.78, 5) is 38.4. The van der Waals surface area contributed by atoms with Crippen molar-refractivity contribution in [3.8, 4) is 0 Å². The lowest BCUT2D eigenvalue weighted by Crippen LogP contribution is -2.43. The molecule has 2 aliphatic heterocycles. The molecule has 0 radical (unpaired) electrons. The zero-order valence-corrected chi connectivity index (χ0v) is 17.4. The lowest BCUT2D eigenvalue weighted by atomic mass is 10.1. The van der Waals surface area contributed by atoms with Gasteiger partial charge in [-0.3, -0.25) is 18.7 Å². The lowest BCUT2D eigenvalue weighted by Gasteiger charge is -2.27. The first-order valence-corrected chi connectivity index (χ1v) is 10.5. The Labute approximate surface area is 176 Å². The monoisotopic (exact) mass is 433 g/mol. The van der Waals surface area contributed by atoms with Crippen molar-refractivity contribution in [1.29, 1.82) is 0 Å². The number of hydrogen-bond acceptors (Lipinski definition) is 8. The zero-order valence-electron chi connectivity index (χ0n) is 16.5. The van der Waals surface area contributed by atoms with Gasteiger partial charge in [0.05, 0.1) is 50.5 Å². The number of carbonyl (C=O) groups is 1. The summed E-state index contributed by atoms with van der Waals surface area (Å²) in [6.07, 6.45) is 2.66. The molecule has 0 aliphatic carbocycles. The van der Waals surface area contributed by atoms with Crippen molar-refractivity contribution in [3.05, 3.63) is 51.2 Å². The SMILES string of the molecule is COC(=O)/C=C/Cn1c(=O)c2cc(SNC3COC3)ccc2n(CC2COC2)c1=O. The van der Waals surface area contributed by atoms with E-state index in [0.29, 0.717) is 49.9 Å². The van der Waals surface area contributed by atoms with E-state index in [2.05, 4.69) is 9.46 Å². The smallest absolute Gasteiger partial charge is 0.331 e. The van der Waals surface area contributed by atoms with Crippen LogP contribution in [0, 0.1) is 5.92 Å². The molecule has 0 amide bonds. The van der Waals surface area contributed by atoms with Crippen LogP contribution in [-0.2, 0) is 32.1 Å². The molecule has 10 heteroatoms. The molecular weight excluding hydrogens is 410 g/mol. The van der Waals surface area contributed by atoms with Crippen molar-refractivity contribution in [2.75, 3.05) is 33.5 Å².